The second-order valence-electron chi connectivity index (χ2n) is 8.28. The predicted molar refractivity (Wildman–Crippen MR) is 129 cm³/mol. The number of aryl methyl sites for hydroxylation is 1. The van der Waals surface area contributed by atoms with E-state index in [4.69, 9.17) is 4.74 Å². The van der Waals surface area contributed by atoms with Gasteiger partial charge in [-0.15, -0.1) is 10.2 Å². The van der Waals surface area contributed by atoms with Crippen molar-refractivity contribution < 1.29 is 9.53 Å². The number of anilines is 1. The third-order valence-corrected chi connectivity index (χ3v) is 7.11. The number of nitrogens with zero attached hydrogens (tertiary/aromatic N) is 3. The lowest BCUT2D eigenvalue weighted by atomic mass is 9.95. The van der Waals surface area contributed by atoms with Crippen LogP contribution in [0.1, 0.15) is 49.3 Å². The SMILES string of the molecule is COc1ccc(-c2nnc(SCC(=O)Nc3cccc(C)c3C)n2C2CCCCC2)cc1. The van der Waals surface area contributed by atoms with Crippen LogP contribution in [0.5, 0.6) is 5.75 Å². The molecule has 0 spiro atoms. The third kappa shape index (κ3) is 4.99. The zero-order valence-corrected chi connectivity index (χ0v) is 19.7. The number of hydrogen-bond acceptors (Lipinski definition) is 5. The Labute approximate surface area is 193 Å². The van der Waals surface area contributed by atoms with Crippen LogP contribution in [0.25, 0.3) is 11.4 Å². The summed E-state index contributed by atoms with van der Waals surface area (Å²) in [5, 5.41) is 12.9. The van der Waals surface area contributed by atoms with Crippen LogP contribution in [-0.4, -0.2) is 33.5 Å². The smallest absolute Gasteiger partial charge is 0.234 e. The number of carbonyl (C=O) groups is 1. The van der Waals surface area contributed by atoms with Gasteiger partial charge in [-0.25, -0.2) is 0 Å². The van der Waals surface area contributed by atoms with E-state index in [0.717, 1.165) is 51.9 Å². The quantitative estimate of drug-likeness (QED) is 0.460. The number of hydrogen-bond donors (Lipinski definition) is 1. The third-order valence-electron chi connectivity index (χ3n) is 6.16. The molecule has 0 atom stereocenters. The number of thioether (sulfide) groups is 1. The Morgan fingerprint density at radius 3 is 2.56 bits per heavy atom. The topological polar surface area (TPSA) is 69.0 Å². The van der Waals surface area contributed by atoms with Gasteiger partial charge in [-0.2, -0.15) is 0 Å². The molecule has 0 aliphatic heterocycles. The molecule has 6 nitrogen and oxygen atoms in total. The van der Waals surface area contributed by atoms with Crippen LogP contribution in [-0.2, 0) is 4.79 Å². The number of amides is 1. The maximum Gasteiger partial charge on any atom is 0.234 e. The largest absolute Gasteiger partial charge is 0.497 e. The van der Waals surface area contributed by atoms with Gasteiger partial charge >= 0.3 is 0 Å². The van der Waals surface area contributed by atoms with Gasteiger partial charge in [-0.05, 0) is 68.1 Å². The number of carbonyl (C=O) groups excluding carboxylic acids is 1. The van der Waals surface area contributed by atoms with E-state index < -0.39 is 0 Å². The van der Waals surface area contributed by atoms with Crippen molar-refractivity contribution in [3.05, 3.63) is 53.6 Å². The zero-order chi connectivity index (χ0) is 22.5. The monoisotopic (exact) mass is 450 g/mol. The van der Waals surface area contributed by atoms with Crippen molar-refractivity contribution in [1.29, 1.82) is 0 Å². The number of nitrogens with one attached hydrogen (secondary N) is 1. The number of rotatable bonds is 7. The number of methoxy groups -OCH3 is 1. The van der Waals surface area contributed by atoms with Gasteiger partial charge in [0, 0.05) is 17.3 Å². The van der Waals surface area contributed by atoms with Gasteiger partial charge in [0.2, 0.25) is 5.91 Å². The van der Waals surface area contributed by atoms with E-state index in [0.29, 0.717) is 11.8 Å². The Morgan fingerprint density at radius 2 is 1.84 bits per heavy atom. The fourth-order valence-corrected chi connectivity index (χ4v) is 4.99. The van der Waals surface area contributed by atoms with E-state index in [-0.39, 0.29) is 5.91 Å². The Kier molecular flexibility index (Phi) is 7.15. The van der Waals surface area contributed by atoms with E-state index in [9.17, 15) is 4.79 Å². The Hall–Kier alpha value is -2.80. The standard InChI is InChI=1S/C25H30N4O2S/c1-17-8-7-11-22(18(17)2)26-23(30)16-32-25-28-27-24(19-12-14-21(31-3)15-13-19)29(25)20-9-5-4-6-10-20/h7-8,11-15,20H,4-6,9-10,16H2,1-3H3,(H,26,30). The van der Waals surface area contributed by atoms with Gasteiger partial charge in [-0.3, -0.25) is 9.36 Å². The molecule has 0 saturated heterocycles. The molecule has 1 aliphatic rings. The molecule has 1 fully saturated rings. The maximum absolute atomic E-state index is 12.7. The predicted octanol–water partition coefficient (Wildman–Crippen LogP) is 5.81. The van der Waals surface area contributed by atoms with Crippen LogP contribution < -0.4 is 10.1 Å². The molecule has 168 valence electrons. The van der Waals surface area contributed by atoms with Crippen molar-refractivity contribution in [3.63, 3.8) is 0 Å². The summed E-state index contributed by atoms with van der Waals surface area (Å²) in [4.78, 5) is 12.7. The lowest BCUT2D eigenvalue weighted by Gasteiger charge is -2.25. The maximum atomic E-state index is 12.7. The highest BCUT2D eigenvalue weighted by molar-refractivity contribution is 7.99. The van der Waals surface area contributed by atoms with E-state index in [1.807, 2.05) is 56.3 Å². The number of ether oxygens (including phenoxy) is 1. The molecule has 1 aromatic heterocycles. The van der Waals surface area contributed by atoms with Crippen molar-refractivity contribution in [2.75, 3.05) is 18.2 Å². The molecular weight excluding hydrogens is 420 g/mol. The minimum atomic E-state index is -0.0344. The normalized spacial score (nSPS) is 14.3. The van der Waals surface area contributed by atoms with E-state index in [1.54, 1.807) is 7.11 Å². The molecule has 1 heterocycles. The summed E-state index contributed by atoms with van der Waals surface area (Å²) in [6.07, 6.45) is 5.92. The first-order valence-electron chi connectivity index (χ1n) is 11.1. The summed E-state index contributed by atoms with van der Waals surface area (Å²) in [6, 6.07) is 14.2. The fraction of sp³-hybridized carbons (Fsp3) is 0.400. The summed E-state index contributed by atoms with van der Waals surface area (Å²) in [7, 11) is 1.66. The Morgan fingerprint density at radius 1 is 1.09 bits per heavy atom. The Bertz CT molecular complexity index is 1070. The molecule has 1 amide bonds. The second kappa shape index (κ2) is 10.2. The van der Waals surface area contributed by atoms with Gasteiger partial charge in [0.1, 0.15) is 5.75 Å². The highest BCUT2D eigenvalue weighted by Gasteiger charge is 2.24. The van der Waals surface area contributed by atoms with Crippen LogP contribution >= 0.6 is 11.8 Å². The van der Waals surface area contributed by atoms with Crippen LogP contribution in [0.4, 0.5) is 5.69 Å². The number of aromatic nitrogens is 3. The van der Waals surface area contributed by atoms with Gasteiger partial charge in [-0.1, -0.05) is 43.2 Å². The molecule has 2 aromatic carbocycles. The molecule has 3 aromatic rings. The summed E-state index contributed by atoms with van der Waals surface area (Å²) >= 11 is 1.45. The van der Waals surface area contributed by atoms with Gasteiger partial charge in [0.25, 0.3) is 0 Å². The summed E-state index contributed by atoms with van der Waals surface area (Å²) < 4.78 is 7.54. The number of benzene rings is 2. The van der Waals surface area contributed by atoms with Crippen molar-refractivity contribution in [2.24, 2.45) is 0 Å². The first kappa shape index (κ1) is 22.4. The minimum absolute atomic E-state index is 0.0344. The van der Waals surface area contributed by atoms with E-state index >= 15 is 0 Å². The molecule has 1 saturated carbocycles. The van der Waals surface area contributed by atoms with Crippen LogP contribution in [0.3, 0.4) is 0 Å². The summed E-state index contributed by atoms with van der Waals surface area (Å²) in [5.74, 6) is 1.93. The molecule has 7 heteroatoms. The molecular formula is C25H30N4O2S. The molecule has 32 heavy (non-hydrogen) atoms. The van der Waals surface area contributed by atoms with Gasteiger partial charge < -0.3 is 10.1 Å². The molecule has 0 radical (unpaired) electrons. The van der Waals surface area contributed by atoms with Crippen molar-refractivity contribution in [1.82, 2.24) is 14.8 Å². The highest BCUT2D eigenvalue weighted by Crippen LogP contribution is 2.36. The van der Waals surface area contributed by atoms with Crippen molar-refractivity contribution in [2.45, 2.75) is 57.1 Å². The zero-order valence-electron chi connectivity index (χ0n) is 18.9. The lowest BCUT2D eigenvalue weighted by Crippen LogP contribution is -2.18. The van der Waals surface area contributed by atoms with Crippen LogP contribution in [0, 0.1) is 13.8 Å². The van der Waals surface area contributed by atoms with Crippen LogP contribution in [0.15, 0.2) is 47.6 Å². The summed E-state index contributed by atoms with van der Waals surface area (Å²) in [5.41, 5.74) is 4.13. The first-order chi connectivity index (χ1) is 15.6. The van der Waals surface area contributed by atoms with Gasteiger partial charge in [0.15, 0.2) is 11.0 Å². The van der Waals surface area contributed by atoms with Crippen molar-refractivity contribution >= 4 is 23.4 Å². The molecule has 4 rings (SSSR count). The average molecular weight is 451 g/mol. The molecule has 1 aliphatic carbocycles. The summed E-state index contributed by atoms with van der Waals surface area (Å²) in [6.45, 7) is 4.08. The van der Waals surface area contributed by atoms with Crippen molar-refractivity contribution in [3.8, 4) is 17.1 Å². The Balaban J connectivity index is 1.54. The second-order valence-corrected chi connectivity index (χ2v) is 9.22. The fourth-order valence-electron chi connectivity index (χ4n) is 4.18. The molecule has 0 unspecified atom stereocenters. The first-order valence-corrected chi connectivity index (χ1v) is 12.1. The van der Waals surface area contributed by atoms with E-state index in [1.165, 1.54) is 31.0 Å². The van der Waals surface area contributed by atoms with Gasteiger partial charge in [0.05, 0.1) is 12.9 Å². The minimum Gasteiger partial charge on any atom is -0.497 e. The lowest BCUT2D eigenvalue weighted by molar-refractivity contribution is -0.113. The van der Waals surface area contributed by atoms with Crippen LogP contribution in [0.2, 0.25) is 0 Å². The molecule has 0 bridgehead atoms. The molecule has 1 N–H and O–H groups in total. The highest BCUT2D eigenvalue weighted by atomic mass is 32.2. The average Bonchev–Trinajstić information content (AvgIpc) is 3.25. The van der Waals surface area contributed by atoms with E-state index in [2.05, 4.69) is 20.1 Å².